The average molecular weight is 294 g/mol. The van der Waals surface area contributed by atoms with E-state index in [2.05, 4.69) is 6.07 Å². The summed E-state index contributed by atoms with van der Waals surface area (Å²) in [6.45, 7) is 5.03. The highest BCUT2D eigenvalue weighted by Gasteiger charge is 2.35. The molecule has 22 heavy (non-hydrogen) atoms. The highest BCUT2D eigenvalue weighted by atomic mass is 16.2. The van der Waals surface area contributed by atoms with Crippen molar-refractivity contribution in [3.63, 3.8) is 0 Å². The van der Waals surface area contributed by atoms with Gasteiger partial charge in [0.15, 0.2) is 0 Å². The molecule has 4 heteroatoms. The molecule has 2 aromatic carbocycles. The second-order valence-electron chi connectivity index (χ2n) is 5.42. The number of hydrogen-bond acceptors (Lipinski definition) is 3. The van der Waals surface area contributed by atoms with Crippen LogP contribution >= 0.6 is 0 Å². The van der Waals surface area contributed by atoms with Crippen LogP contribution in [0.2, 0.25) is 0 Å². The molecule has 0 saturated carbocycles. The Kier molecular flexibility index (Phi) is 3.67. The summed E-state index contributed by atoms with van der Waals surface area (Å²) in [5, 5.41) is 0. The fourth-order valence-corrected chi connectivity index (χ4v) is 2.73. The van der Waals surface area contributed by atoms with Crippen molar-refractivity contribution < 1.29 is 9.59 Å². The Hall–Kier alpha value is -2.62. The molecule has 3 rings (SSSR count). The lowest BCUT2D eigenvalue weighted by atomic mass is 10.1. The predicted molar refractivity (Wildman–Crippen MR) is 86.0 cm³/mol. The lowest BCUT2D eigenvalue weighted by Gasteiger charge is -2.27. The molecule has 0 fully saturated rings. The van der Waals surface area contributed by atoms with Gasteiger partial charge in [0.1, 0.15) is 6.67 Å². The zero-order valence-corrected chi connectivity index (χ0v) is 12.7. The number of imide groups is 1. The summed E-state index contributed by atoms with van der Waals surface area (Å²) in [4.78, 5) is 28.2. The monoisotopic (exact) mass is 294 g/mol. The summed E-state index contributed by atoms with van der Waals surface area (Å²) < 4.78 is 0. The molecule has 2 amide bonds. The maximum absolute atomic E-state index is 12.4. The van der Waals surface area contributed by atoms with Crippen LogP contribution < -0.4 is 4.90 Å². The van der Waals surface area contributed by atoms with Gasteiger partial charge in [0.2, 0.25) is 0 Å². The van der Waals surface area contributed by atoms with Gasteiger partial charge in [0, 0.05) is 12.2 Å². The summed E-state index contributed by atoms with van der Waals surface area (Å²) in [6, 6.07) is 15.0. The minimum Gasteiger partial charge on any atom is -0.354 e. The van der Waals surface area contributed by atoms with Crippen LogP contribution in [0.1, 0.15) is 33.2 Å². The Morgan fingerprint density at radius 2 is 1.59 bits per heavy atom. The van der Waals surface area contributed by atoms with Gasteiger partial charge < -0.3 is 4.90 Å². The first kappa shape index (κ1) is 14.3. The van der Waals surface area contributed by atoms with Crippen LogP contribution in [0.4, 0.5) is 5.69 Å². The highest BCUT2D eigenvalue weighted by Crippen LogP contribution is 2.24. The molecule has 0 spiro atoms. The van der Waals surface area contributed by atoms with Crippen molar-refractivity contribution in [2.75, 3.05) is 18.1 Å². The SMILES string of the molecule is CCN(CN1C(=O)c2ccccc2C1=O)c1cccc(C)c1. The Morgan fingerprint density at radius 3 is 2.14 bits per heavy atom. The minimum absolute atomic E-state index is 0.216. The third-order valence-corrected chi connectivity index (χ3v) is 3.94. The van der Waals surface area contributed by atoms with E-state index >= 15 is 0 Å². The first-order chi connectivity index (χ1) is 10.6. The molecule has 1 heterocycles. The Balaban J connectivity index is 1.87. The second-order valence-corrected chi connectivity index (χ2v) is 5.42. The van der Waals surface area contributed by atoms with E-state index in [9.17, 15) is 9.59 Å². The molecule has 0 aliphatic carbocycles. The molecule has 0 saturated heterocycles. The number of fused-ring (bicyclic) bond motifs is 1. The Bertz CT molecular complexity index is 704. The van der Waals surface area contributed by atoms with Crippen molar-refractivity contribution in [2.24, 2.45) is 0 Å². The van der Waals surface area contributed by atoms with E-state index < -0.39 is 0 Å². The lowest BCUT2D eigenvalue weighted by molar-refractivity contribution is 0.0654. The zero-order chi connectivity index (χ0) is 15.7. The van der Waals surface area contributed by atoms with Gasteiger partial charge in [-0.15, -0.1) is 0 Å². The van der Waals surface area contributed by atoms with E-state index in [4.69, 9.17) is 0 Å². The van der Waals surface area contributed by atoms with Gasteiger partial charge in [-0.25, -0.2) is 0 Å². The smallest absolute Gasteiger partial charge is 0.263 e. The summed E-state index contributed by atoms with van der Waals surface area (Å²) in [6.07, 6.45) is 0. The molecule has 2 aromatic rings. The zero-order valence-electron chi connectivity index (χ0n) is 12.7. The van der Waals surface area contributed by atoms with Crippen LogP contribution in [0.3, 0.4) is 0 Å². The Labute approximate surface area is 130 Å². The number of anilines is 1. The van der Waals surface area contributed by atoms with Crippen molar-refractivity contribution in [1.82, 2.24) is 4.90 Å². The number of rotatable bonds is 4. The fraction of sp³-hybridized carbons (Fsp3) is 0.222. The van der Waals surface area contributed by atoms with Crippen LogP contribution in [-0.2, 0) is 0 Å². The van der Waals surface area contributed by atoms with E-state index in [-0.39, 0.29) is 18.5 Å². The topological polar surface area (TPSA) is 40.6 Å². The van der Waals surface area contributed by atoms with Crippen molar-refractivity contribution >= 4 is 17.5 Å². The van der Waals surface area contributed by atoms with Gasteiger partial charge in [0.25, 0.3) is 11.8 Å². The standard InChI is InChI=1S/C18H18N2O2/c1-3-19(14-8-6-7-13(2)11-14)12-20-17(21)15-9-4-5-10-16(15)18(20)22/h4-11H,3,12H2,1-2H3. The van der Waals surface area contributed by atoms with Crippen LogP contribution in [0, 0.1) is 6.92 Å². The second kappa shape index (κ2) is 5.64. The maximum Gasteiger partial charge on any atom is 0.263 e. The number of amides is 2. The molecule has 0 unspecified atom stereocenters. The van der Waals surface area contributed by atoms with Crippen LogP contribution in [0.25, 0.3) is 0 Å². The van der Waals surface area contributed by atoms with Crippen molar-refractivity contribution in [2.45, 2.75) is 13.8 Å². The van der Waals surface area contributed by atoms with Crippen LogP contribution in [0.5, 0.6) is 0 Å². The molecule has 0 atom stereocenters. The average Bonchev–Trinajstić information content (AvgIpc) is 2.77. The first-order valence-corrected chi connectivity index (χ1v) is 7.38. The summed E-state index contributed by atoms with van der Waals surface area (Å²) >= 11 is 0. The quantitative estimate of drug-likeness (QED) is 0.814. The normalized spacial score (nSPS) is 13.5. The van der Waals surface area contributed by atoms with Crippen molar-refractivity contribution in [1.29, 1.82) is 0 Å². The molecular formula is C18H18N2O2. The predicted octanol–water partition coefficient (Wildman–Crippen LogP) is 3.08. The van der Waals surface area contributed by atoms with Gasteiger partial charge in [0.05, 0.1) is 11.1 Å². The molecule has 4 nitrogen and oxygen atoms in total. The van der Waals surface area contributed by atoms with Crippen molar-refractivity contribution in [3.8, 4) is 0 Å². The number of benzene rings is 2. The lowest BCUT2D eigenvalue weighted by Crippen LogP contribution is -2.41. The molecule has 0 aromatic heterocycles. The molecule has 0 bridgehead atoms. The number of carbonyl (C=O) groups excluding carboxylic acids is 2. The third-order valence-electron chi connectivity index (χ3n) is 3.94. The maximum atomic E-state index is 12.4. The fourth-order valence-electron chi connectivity index (χ4n) is 2.73. The number of carbonyl (C=O) groups is 2. The van der Waals surface area contributed by atoms with Crippen molar-refractivity contribution in [3.05, 3.63) is 65.2 Å². The van der Waals surface area contributed by atoms with Crippen LogP contribution in [0.15, 0.2) is 48.5 Å². The number of hydrogen-bond donors (Lipinski definition) is 0. The van der Waals surface area contributed by atoms with Gasteiger partial charge >= 0.3 is 0 Å². The number of aryl methyl sites for hydroxylation is 1. The Morgan fingerprint density at radius 1 is 0.955 bits per heavy atom. The first-order valence-electron chi connectivity index (χ1n) is 7.38. The van der Waals surface area contributed by atoms with E-state index in [0.29, 0.717) is 11.1 Å². The van der Waals surface area contributed by atoms with E-state index in [0.717, 1.165) is 17.8 Å². The summed E-state index contributed by atoms with van der Waals surface area (Å²) in [5.41, 5.74) is 3.15. The molecular weight excluding hydrogens is 276 g/mol. The van der Waals surface area contributed by atoms with E-state index in [1.165, 1.54) is 4.90 Å². The molecule has 0 radical (unpaired) electrons. The molecule has 0 N–H and O–H groups in total. The van der Waals surface area contributed by atoms with Gasteiger partial charge in [-0.05, 0) is 43.7 Å². The van der Waals surface area contributed by atoms with Gasteiger partial charge in [-0.2, -0.15) is 0 Å². The van der Waals surface area contributed by atoms with Gasteiger partial charge in [-0.1, -0.05) is 24.3 Å². The van der Waals surface area contributed by atoms with E-state index in [1.54, 1.807) is 24.3 Å². The number of nitrogens with zero attached hydrogens (tertiary/aromatic N) is 2. The molecule has 1 aliphatic rings. The summed E-state index contributed by atoms with van der Waals surface area (Å²) in [7, 11) is 0. The largest absolute Gasteiger partial charge is 0.354 e. The summed E-state index contributed by atoms with van der Waals surface area (Å²) in [5.74, 6) is -0.432. The highest BCUT2D eigenvalue weighted by molar-refractivity contribution is 6.21. The minimum atomic E-state index is -0.216. The van der Waals surface area contributed by atoms with Crippen LogP contribution in [-0.4, -0.2) is 29.9 Å². The van der Waals surface area contributed by atoms with Gasteiger partial charge in [-0.3, -0.25) is 14.5 Å². The molecule has 112 valence electrons. The van der Waals surface area contributed by atoms with E-state index in [1.807, 2.05) is 36.9 Å². The molecule has 1 aliphatic heterocycles. The third kappa shape index (κ3) is 2.37.